The molecule has 3 aromatic carbocycles. The van der Waals surface area contributed by atoms with Gasteiger partial charge in [0, 0.05) is 25.2 Å². The number of hydrogen-bond acceptors (Lipinski definition) is 5. The summed E-state index contributed by atoms with van der Waals surface area (Å²) >= 11 is 0. The zero-order chi connectivity index (χ0) is 31.6. The fourth-order valence-electron chi connectivity index (χ4n) is 6.42. The first-order valence-corrected chi connectivity index (χ1v) is 16.4. The number of nitrogens with one attached hydrogen (secondary N) is 1. The van der Waals surface area contributed by atoms with Crippen molar-refractivity contribution >= 4 is 23.6 Å². The Bertz CT molecular complexity index is 1410. The maximum atomic E-state index is 12.7. The van der Waals surface area contributed by atoms with Crippen LogP contribution in [-0.4, -0.2) is 91.7 Å². The summed E-state index contributed by atoms with van der Waals surface area (Å²) in [4.78, 5) is 41.7. The maximum absolute atomic E-state index is 12.7. The number of para-hydroxylation sites is 1. The Morgan fingerprint density at radius 1 is 0.733 bits per heavy atom. The number of carbonyl (C=O) groups is 3. The van der Waals surface area contributed by atoms with Gasteiger partial charge in [-0.25, -0.2) is 4.79 Å². The lowest BCUT2D eigenvalue weighted by molar-refractivity contribution is -0.890. The molecule has 0 unspecified atom stereocenters. The maximum Gasteiger partial charge on any atom is 0.411 e. The Kier molecular flexibility index (Phi) is 11.0. The fraction of sp³-hybridized carbons (Fsp3) is 0.432. The van der Waals surface area contributed by atoms with Crippen molar-refractivity contribution in [1.29, 1.82) is 0 Å². The highest BCUT2D eigenvalue weighted by molar-refractivity contribution is 6.21. The van der Waals surface area contributed by atoms with Gasteiger partial charge in [0.15, 0.2) is 0 Å². The van der Waals surface area contributed by atoms with E-state index in [4.69, 9.17) is 4.74 Å². The zero-order valence-corrected chi connectivity index (χ0v) is 26.7. The Morgan fingerprint density at radius 2 is 1.29 bits per heavy atom. The van der Waals surface area contributed by atoms with E-state index in [1.807, 2.05) is 66.7 Å². The number of ether oxygens (including phenoxy) is 1. The zero-order valence-electron chi connectivity index (χ0n) is 26.7. The van der Waals surface area contributed by atoms with Crippen LogP contribution in [-0.2, 0) is 4.74 Å². The highest BCUT2D eigenvalue weighted by atomic mass is 16.6. The molecule has 0 bridgehead atoms. The van der Waals surface area contributed by atoms with Gasteiger partial charge in [-0.1, -0.05) is 60.7 Å². The molecule has 3 amide bonds. The summed E-state index contributed by atoms with van der Waals surface area (Å²) in [6, 6.07) is 24.9. The number of rotatable bonds is 14. The summed E-state index contributed by atoms with van der Waals surface area (Å²) in [5, 5.41) is 2.96. The normalized spacial score (nSPS) is 15.7. The van der Waals surface area contributed by atoms with E-state index in [0.29, 0.717) is 17.7 Å². The summed E-state index contributed by atoms with van der Waals surface area (Å²) < 4.78 is 6.74. The number of likely N-dealkylation sites (tertiary alicyclic amines) is 1. The number of amides is 3. The molecular formula is C37H47N4O4+. The Hall–Kier alpha value is -4.01. The highest BCUT2D eigenvalue weighted by Gasteiger charge is 2.34. The van der Waals surface area contributed by atoms with Crippen LogP contribution in [0.4, 0.5) is 10.5 Å². The van der Waals surface area contributed by atoms with Crippen LogP contribution in [0.15, 0.2) is 78.9 Å². The number of fused-ring (bicyclic) bond motifs is 1. The van der Waals surface area contributed by atoms with Gasteiger partial charge in [-0.05, 0) is 75.3 Å². The van der Waals surface area contributed by atoms with E-state index < -0.39 is 0 Å². The number of carbonyl (C=O) groups excluding carboxylic acids is 3. The molecular weight excluding hydrogens is 564 g/mol. The monoisotopic (exact) mass is 611 g/mol. The number of piperidine rings is 1. The van der Waals surface area contributed by atoms with Crippen LogP contribution in [0.5, 0.6) is 0 Å². The molecule has 1 fully saturated rings. The van der Waals surface area contributed by atoms with Crippen LogP contribution < -0.4 is 5.32 Å². The standard InChI is InChI=1S/C37H46N4O4/c1-41(2,28-14-12-24-40-35(42)32-18-7-8-19-33(32)36(40)43)27-13-4-11-23-39-25-21-30(22-26-39)45-37(44)38-34-20-10-9-17-31(34)29-15-5-3-6-16-29/h3,5-10,15-20,30H,4,11-14,21-28H2,1-2H3/p+1. The Balaban J connectivity index is 0.922. The number of imide groups is 1. The molecule has 0 radical (unpaired) electrons. The van der Waals surface area contributed by atoms with Gasteiger partial charge in [-0.15, -0.1) is 0 Å². The second kappa shape index (κ2) is 15.3. The fourth-order valence-corrected chi connectivity index (χ4v) is 6.42. The van der Waals surface area contributed by atoms with Crippen LogP contribution in [0.2, 0.25) is 0 Å². The molecule has 5 rings (SSSR count). The topological polar surface area (TPSA) is 79.0 Å². The lowest BCUT2D eigenvalue weighted by atomic mass is 10.0. The molecule has 8 heteroatoms. The third-order valence-corrected chi connectivity index (χ3v) is 9.07. The van der Waals surface area contributed by atoms with Gasteiger partial charge >= 0.3 is 6.09 Å². The first-order valence-electron chi connectivity index (χ1n) is 16.4. The van der Waals surface area contributed by atoms with Crippen molar-refractivity contribution in [3.8, 4) is 11.1 Å². The smallest absolute Gasteiger partial charge is 0.411 e. The third kappa shape index (κ3) is 8.80. The van der Waals surface area contributed by atoms with E-state index in [0.717, 1.165) is 79.7 Å². The Labute approximate surface area is 267 Å². The molecule has 2 aliphatic rings. The average Bonchev–Trinajstić information content (AvgIpc) is 3.29. The van der Waals surface area contributed by atoms with E-state index in [-0.39, 0.29) is 24.0 Å². The van der Waals surface area contributed by atoms with Gasteiger partial charge in [0.2, 0.25) is 0 Å². The molecule has 8 nitrogen and oxygen atoms in total. The van der Waals surface area contributed by atoms with Crippen LogP contribution in [0, 0.1) is 0 Å². The molecule has 2 aliphatic heterocycles. The van der Waals surface area contributed by atoms with Crippen LogP contribution in [0.3, 0.4) is 0 Å². The molecule has 238 valence electrons. The lowest BCUT2D eigenvalue weighted by Crippen LogP contribution is -2.41. The van der Waals surface area contributed by atoms with Crippen LogP contribution in [0.25, 0.3) is 11.1 Å². The molecule has 1 saturated heterocycles. The highest BCUT2D eigenvalue weighted by Crippen LogP contribution is 2.28. The van der Waals surface area contributed by atoms with Crippen molar-refractivity contribution in [2.75, 3.05) is 58.7 Å². The second-order valence-electron chi connectivity index (χ2n) is 12.9. The minimum atomic E-state index is -0.388. The molecule has 0 aliphatic carbocycles. The van der Waals surface area contributed by atoms with Crippen LogP contribution in [0.1, 0.15) is 65.7 Å². The van der Waals surface area contributed by atoms with E-state index in [2.05, 4.69) is 24.3 Å². The molecule has 0 aromatic heterocycles. The average molecular weight is 612 g/mol. The summed E-state index contributed by atoms with van der Waals surface area (Å²) in [6.07, 6.45) is 6.62. The predicted molar refractivity (Wildman–Crippen MR) is 178 cm³/mol. The number of anilines is 1. The summed E-state index contributed by atoms with van der Waals surface area (Å²) in [6.45, 7) is 5.62. The number of quaternary nitrogens is 1. The van der Waals surface area contributed by atoms with Gasteiger partial charge in [-0.3, -0.25) is 19.8 Å². The first kappa shape index (κ1) is 32.4. The van der Waals surface area contributed by atoms with Gasteiger partial charge in [0.25, 0.3) is 11.8 Å². The number of unbranched alkanes of at least 4 members (excludes halogenated alkanes) is 3. The van der Waals surface area contributed by atoms with E-state index >= 15 is 0 Å². The molecule has 2 heterocycles. The van der Waals surface area contributed by atoms with Gasteiger partial charge in [0.1, 0.15) is 6.10 Å². The Morgan fingerprint density at radius 3 is 1.96 bits per heavy atom. The van der Waals surface area contributed by atoms with Crippen molar-refractivity contribution in [3.63, 3.8) is 0 Å². The summed E-state index contributed by atoms with van der Waals surface area (Å²) in [5.41, 5.74) is 3.85. The van der Waals surface area contributed by atoms with E-state index in [1.54, 1.807) is 12.1 Å². The van der Waals surface area contributed by atoms with Crippen LogP contribution >= 0.6 is 0 Å². The van der Waals surface area contributed by atoms with E-state index in [1.165, 1.54) is 24.2 Å². The minimum Gasteiger partial charge on any atom is -0.446 e. The molecule has 0 atom stereocenters. The van der Waals surface area contributed by atoms with Crippen molar-refractivity contribution in [2.45, 2.75) is 51.0 Å². The van der Waals surface area contributed by atoms with E-state index in [9.17, 15) is 14.4 Å². The molecule has 0 saturated carbocycles. The van der Waals surface area contributed by atoms with Gasteiger partial charge < -0.3 is 14.1 Å². The predicted octanol–water partition coefficient (Wildman–Crippen LogP) is 6.69. The van der Waals surface area contributed by atoms with Crippen molar-refractivity contribution < 1.29 is 23.6 Å². The molecule has 45 heavy (non-hydrogen) atoms. The van der Waals surface area contributed by atoms with Crippen molar-refractivity contribution in [2.24, 2.45) is 0 Å². The quantitative estimate of drug-likeness (QED) is 0.125. The number of benzene rings is 3. The van der Waals surface area contributed by atoms with Gasteiger partial charge in [-0.2, -0.15) is 0 Å². The van der Waals surface area contributed by atoms with Crippen molar-refractivity contribution in [1.82, 2.24) is 9.80 Å². The minimum absolute atomic E-state index is 0.0553. The second-order valence-corrected chi connectivity index (χ2v) is 12.9. The van der Waals surface area contributed by atoms with Gasteiger partial charge in [0.05, 0.1) is 44.0 Å². The summed E-state index contributed by atoms with van der Waals surface area (Å²) in [5.74, 6) is -0.320. The molecule has 0 spiro atoms. The number of hydrogen-bond donors (Lipinski definition) is 1. The lowest BCUT2D eigenvalue weighted by Gasteiger charge is -2.32. The van der Waals surface area contributed by atoms with Crippen molar-refractivity contribution in [3.05, 3.63) is 90.0 Å². The number of nitrogens with zero attached hydrogens (tertiary/aromatic N) is 3. The largest absolute Gasteiger partial charge is 0.446 e. The molecule has 1 N–H and O–H groups in total. The molecule has 3 aromatic rings. The SMILES string of the molecule is C[N+](C)(CCCCCN1CCC(OC(=O)Nc2ccccc2-c2ccccc2)CC1)CCCCN1C(=O)c2ccccc2C1=O. The third-order valence-electron chi connectivity index (χ3n) is 9.07. The first-order chi connectivity index (χ1) is 21.8. The summed E-state index contributed by atoms with van der Waals surface area (Å²) in [7, 11) is 4.53.